The van der Waals surface area contributed by atoms with Gasteiger partial charge in [0.25, 0.3) is 0 Å². The van der Waals surface area contributed by atoms with Crippen molar-refractivity contribution in [2.75, 3.05) is 18.5 Å². The normalized spacial score (nSPS) is 10.7. The molecule has 2 aromatic rings. The van der Waals surface area contributed by atoms with Gasteiger partial charge in [0.15, 0.2) is 17.5 Å². The molecular weight excluding hydrogens is 452 g/mol. The lowest BCUT2D eigenvalue weighted by molar-refractivity contribution is -0.122. The summed E-state index contributed by atoms with van der Waals surface area (Å²) in [5.74, 6) is -0.254. The summed E-state index contributed by atoms with van der Waals surface area (Å²) in [6, 6.07) is 9.86. The molecule has 10 heteroatoms. The number of halogens is 4. The van der Waals surface area contributed by atoms with E-state index in [0.717, 1.165) is 0 Å². The Hall–Kier alpha value is -1.57. The Kier molecular flexibility index (Phi) is 8.60. The summed E-state index contributed by atoms with van der Waals surface area (Å²) in [7, 11) is 0. The zero-order valence-corrected chi connectivity index (χ0v) is 17.5. The van der Waals surface area contributed by atoms with Gasteiger partial charge in [-0.05, 0) is 42.5 Å². The molecule has 0 aliphatic rings. The van der Waals surface area contributed by atoms with Gasteiger partial charge in [0.1, 0.15) is 0 Å². The summed E-state index contributed by atoms with van der Waals surface area (Å²) in [6.45, 7) is -0.267. The van der Waals surface area contributed by atoms with E-state index in [9.17, 15) is 4.79 Å². The van der Waals surface area contributed by atoms with E-state index in [1.54, 1.807) is 36.4 Å². The van der Waals surface area contributed by atoms with E-state index in [-0.39, 0.29) is 24.0 Å². The summed E-state index contributed by atoms with van der Waals surface area (Å²) in [5.41, 5.74) is 1.16. The third-order valence-electron chi connectivity index (χ3n) is 3.08. The van der Waals surface area contributed by atoms with Gasteiger partial charge in [-0.1, -0.05) is 57.6 Å². The second-order valence-electron chi connectivity index (χ2n) is 5.14. The quantitative estimate of drug-likeness (QED) is 0.334. The Labute approximate surface area is 181 Å². The molecule has 0 radical (unpaired) electrons. The van der Waals surface area contributed by atoms with Gasteiger partial charge in [0, 0.05) is 15.6 Å². The van der Waals surface area contributed by atoms with Gasteiger partial charge in [0.2, 0.25) is 0 Å². The first-order valence-corrected chi connectivity index (χ1v) is 9.39. The van der Waals surface area contributed by atoms with Crippen molar-refractivity contribution >= 4 is 81.4 Å². The van der Waals surface area contributed by atoms with Crippen molar-refractivity contribution in [3.05, 3.63) is 62.1 Å². The Balaban J connectivity index is 1.73. The number of oxime groups is 1. The van der Waals surface area contributed by atoms with Crippen LogP contribution < -0.4 is 10.6 Å². The van der Waals surface area contributed by atoms with Crippen LogP contribution in [0, 0.1) is 0 Å². The van der Waals surface area contributed by atoms with E-state index >= 15 is 0 Å². The smallest absolute Gasteiger partial charge is 0.192 e. The van der Waals surface area contributed by atoms with Crippen LogP contribution >= 0.6 is 58.6 Å². The minimum Gasteiger partial charge on any atom is -0.388 e. The molecular formula is C17H13Cl4N3O2S. The van der Waals surface area contributed by atoms with E-state index in [1.165, 1.54) is 6.21 Å². The Morgan fingerprint density at radius 1 is 1.07 bits per heavy atom. The molecule has 0 spiro atoms. The van der Waals surface area contributed by atoms with E-state index < -0.39 is 0 Å². The van der Waals surface area contributed by atoms with Crippen LogP contribution in [-0.2, 0) is 9.63 Å². The molecule has 0 aromatic heterocycles. The molecule has 0 atom stereocenters. The average molecular weight is 465 g/mol. The van der Waals surface area contributed by atoms with Crippen LogP contribution in [0.1, 0.15) is 5.56 Å². The van der Waals surface area contributed by atoms with E-state index in [2.05, 4.69) is 15.8 Å². The molecule has 0 aliphatic carbocycles. The van der Waals surface area contributed by atoms with Crippen molar-refractivity contribution in [2.45, 2.75) is 0 Å². The molecule has 27 heavy (non-hydrogen) atoms. The number of Topliss-reactive ketones (excluding diaryl/α,β-unsaturated/α-hetero) is 1. The van der Waals surface area contributed by atoms with Crippen molar-refractivity contribution < 1.29 is 9.63 Å². The van der Waals surface area contributed by atoms with Crippen LogP contribution in [-0.4, -0.2) is 30.3 Å². The van der Waals surface area contributed by atoms with Gasteiger partial charge in [-0.15, -0.1) is 0 Å². The highest BCUT2D eigenvalue weighted by Crippen LogP contribution is 2.25. The van der Waals surface area contributed by atoms with Gasteiger partial charge >= 0.3 is 0 Å². The molecule has 5 nitrogen and oxygen atoms in total. The molecule has 2 N–H and O–H groups in total. The van der Waals surface area contributed by atoms with Crippen molar-refractivity contribution in [2.24, 2.45) is 5.16 Å². The lowest BCUT2D eigenvalue weighted by atomic mass is 10.2. The number of carbonyl (C=O) groups is 1. The number of nitrogens with zero attached hydrogens (tertiary/aromatic N) is 1. The Morgan fingerprint density at radius 2 is 1.78 bits per heavy atom. The highest BCUT2D eigenvalue weighted by atomic mass is 35.5. The fourth-order valence-corrected chi connectivity index (χ4v) is 2.78. The van der Waals surface area contributed by atoms with Crippen LogP contribution in [0.15, 0.2) is 41.6 Å². The second kappa shape index (κ2) is 10.7. The number of benzene rings is 2. The number of thiocarbonyl (C=S) groups is 1. The lowest BCUT2D eigenvalue weighted by Crippen LogP contribution is -2.34. The van der Waals surface area contributed by atoms with Gasteiger partial charge < -0.3 is 15.5 Å². The van der Waals surface area contributed by atoms with Gasteiger partial charge in [-0.25, -0.2) is 0 Å². The van der Waals surface area contributed by atoms with Crippen LogP contribution in [0.25, 0.3) is 0 Å². The molecule has 142 valence electrons. The van der Waals surface area contributed by atoms with Crippen molar-refractivity contribution in [1.29, 1.82) is 0 Å². The number of ketones is 1. The molecule has 0 saturated carbocycles. The highest BCUT2D eigenvalue weighted by molar-refractivity contribution is 7.80. The molecule has 2 aromatic carbocycles. The van der Waals surface area contributed by atoms with E-state index in [4.69, 9.17) is 63.5 Å². The standard InChI is InChI=1S/C17H13Cl4N3O2S/c18-11-2-1-10(15(21)5-11)7-23-26-9-13(25)8-22-17(27)24-16-6-12(19)3-4-14(16)20/h1-7H,8-9H2,(H2,22,24,27)/b23-7+. The summed E-state index contributed by atoms with van der Waals surface area (Å²) in [4.78, 5) is 16.8. The minimum absolute atomic E-state index is 0.0404. The molecule has 0 aliphatic heterocycles. The number of nitrogens with one attached hydrogen (secondary N) is 2. The molecule has 0 amide bonds. The lowest BCUT2D eigenvalue weighted by Gasteiger charge is -2.11. The maximum atomic E-state index is 11.8. The number of rotatable bonds is 7. The van der Waals surface area contributed by atoms with Gasteiger partial charge in [-0.3, -0.25) is 4.79 Å². The monoisotopic (exact) mass is 463 g/mol. The maximum absolute atomic E-state index is 11.8. The van der Waals surface area contributed by atoms with Crippen LogP contribution in [0.5, 0.6) is 0 Å². The minimum atomic E-state index is -0.254. The zero-order chi connectivity index (χ0) is 19.8. The summed E-state index contributed by atoms with van der Waals surface area (Å²) in [5, 5.41) is 11.5. The van der Waals surface area contributed by atoms with Crippen molar-refractivity contribution in [1.82, 2.24) is 5.32 Å². The molecule has 0 saturated heterocycles. The molecule has 0 fully saturated rings. The number of anilines is 1. The van der Waals surface area contributed by atoms with Crippen molar-refractivity contribution in [3.63, 3.8) is 0 Å². The predicted octanol–water partition coefficient (Wildman–Crippen LogP) is 5.21. The van der Waals surface area contributed by atoms with Crippen LogP contribution in [0.3, 0.4) is 0 Å². The largest absolute Gasteiger partial charge is 0.388 e. The van der Waals surface area contributed by atoms with E-state index in [0.29, 0.717) is 31.3 Å². The topological polar surface area (TPSA) is 62.7 Å². The second-order valence-corrected chi connectivity index (χ2v) is 7.24. The van der Waals surface area contributed by atoms with E-state index in [1.807, 2.05) is 0 Å². The predicted molar refractivity (Wildman–Crippen MR) is 116 cm³/mol. The van der Waals surface area contributed by atoms with Crippen LogP contribution in [0.4, 0.5) is 5.69 Å². The molecule has 0 bridgehead atoms. The zero-order valence-electron chi connectivity index (χ0n) is 13.6. The fraction of sp³-hybridized carbons (Fsp3) is 0.118. The first kappa shape index (κ1) is 21.7. The Morgan fingerprint density at radius 3 is 2.52 bits per heavy atom. The number of carbonyl (C=O) groups excluding carboxylic acids is 1. The van der Waals surface area contributed by atoms with Gasteiger partial charge in [0.05, 0.1) is 28.5 Å². The fourth-order valence-electron chi connectivity index (χ4n) is 1.80. The van der Waals surface area contributed by atoms with Crippen LogP contribution in [0.2, 0.25) is 20.1 Å². The SMILES string of the molecule is O=C(CNC(=S)Nc1cc(Cl)ccc1Cl)CO/N=C/c1ccc(Cl)cc1Cl. The van der Waals surface area contributed by atoms with Crippen molar-refractivity contribution in [3.8, 4) is 0 Å². The third-order valence-corrected chi connectivity index (χ3v) is 4.45. The Bertz CT molecular complexity index is 877. The molecule has 2 rings (SSSR count). The van der Waals surface area contributed by atoms with Gasteiger partial charge in [-0.2, -0.15) is 0 Å². The number of hydrogen-bond donors (Lipinski definition) is 2. The first-order valence-electron chi connectivity index (χ1n) is 7.47. The third kappa shape index (κ3) is 7.52. The summed E-state index contributed by atoms with van der Waals surface area (Å²) >= 11 is 28.8. The summed E-state index contributed by atoms with van der Waals surface area (Å²) in [6.07, 6.45) is 1.40. The maximum Gasteiger partial charge on any atom is 0.192 e. The summed E-state index contributed by atoms with van der Waals surface area (Å²) < 4.78 is 0. The molecule has 0 heterocycles. The number of hydrogen-bond acceptors (Lipinski definition) is 4. The molecule has 0 unspecified atom stereocenters. The average Bonchev–Trinajstić information content (AvgIpc) is 2.61. The highest BCUT2D eigenvalue weighted by Gasteiger charge is 2.07. The first-order chi connectivity index (χ1) is 12.8.